The number of hydrogen-bond acceptors (Lipinski definition) is 5. The van der Waals surface area contributed by atoms with E-state index in [-0.39, 0.29) is 48.6 Å². The molecule has 0 aliphatic heterocycles. The van der Waals surface area contributed by atoms with E-state index in [0.717, 1.165) is 23.3 Å². The van der Waals surface area contributed by atoms with Crippen LogP contribution in [0.5, 0.6) is 5.75 Å². The number of pyridine rings is 1. The van der Waals surface area contributed by atoms with E-state index >= 15 is 0 Å². The van der Waals surface area contributed by atoms with Gasteiger partial charge in [0.15, 0.2) is 5.78 Å². The number of nitrogens with zero attached hydrogens (tertiary/aromatic N) is 1. The lowest BCUT2D eigenvalue weighted by atomic mass is 9.96. The third-order valence-electron chi connectivity index (χ3n) is 6.50. The Morgan fingerprint density at radius 3 is 2.24 bits per heavy atom. The van der Waals surface area contributed by atoms with Gasteiger partial charge in [0.05, 0.1) is 17.7 Å². The number of carbonyl (C=O) groups is 2. The lowest BCUT2D eigenvalue weighted by Gasteiger charge is -2.19. The van der Waals surface area contributed by atoms with Crippen LogP contribution in [0.25, 0.3) is 22.3 Å². The van der Waals surface area contributed by atoms with Crippen molar-refractivity contribution in [3.63, 3.8) is 0 Å². The molecule has 0 aliphatic carbocycles. The van der Waals surface area contributed by atoms with Gasteiger partial charge in [-0.15, -0.1) is 0 Å². The quantitative estimate of drug-likeness (QED) is 0.164. The van der Waals surface area contributed by atoms with Crippen molar-refractivity contribution in [2.45, 2.75) is 32.0 Å². The molecule has 0 spiro atoms. The van der Waals surface area contributed by atoms with Gasteiger partial charge >= 0.3 is 12.1 Å². The Hall–Kier alpha value is -4.08. The standard InChI is InChI=1S/C31H25Cl2F3N2O4/c1-42-29-14-20(31(34,35)36)13-24(19-7-12-27(38-16-19)28(39)3-2-4-30(40)41)25(29)17-37-22-10-11-23(26(33)15-22)18-5-8-21(32)9-6-18/h5-16,37H,2-4,17H2,1H3,(H,40,41). The number of ketones is 1. The van der Waals surface area contributed by atoms with Gasteiger partial charge in [0, 0.05) is 53.0 Å². The summed E-state index contributed by atoms with van der Waals surface area (Å²) in [6.07, 6.45) is -3.32. The average molecular weight is 617 g/mol. The zero-order chi connectivity index (χ0) is 30.4. The minimum Gasteiger partial charge on any atom is -0.496 e. The number of rotatable bonds is 11. The molecule has 1 aromatic heterocycles. The topological polar surface area (TPSA) is 88.5 Å². The van der Waals surface area contributed by atoms with Crippen molar-refractivity contribution in [3.05, 3.63) is 99.8 Å². The second kappa shape index (κ2) is 13.3. The molecule has 0 bridgehead atoms. The van der Waals surface area contributed by atoms with Crippen LogP contribution in [0.2, 0.25) is 10.0 Å². The highest BCUT2D eigenvalue weighted by Gasteiger charge is 2.33. The number of alkyl halides is 3. The van der Waals surface area contributed by atoms with Crippen LogP contribution in [-0.2, 0) is 17.5 Å². The number of carboxylic acid groups (broad SMARTS) is 1. The molecule has 11 heteroatoms. The Morgan fingerprint density at radius 2 is 1.64 bits per heavy atom. The molecule has 0 amide bonds. The Labute approximate surface area is 250 Å². The summed E-state index contributed by atoms with van der Waals surface area (Å²) in [6.45, 7) is 0.0864. The monoisotopic (exact) mass is 616 g/mol. The van der Waals surface area contributed by atoms with Crippen molar-refractivity contribution in [3.8, 4) is 28.0 Å². The molecular weight excluding hydrogens is 592 g/mol. The summed E-state index contributed by atoms with van der Waals surface area (Å²) < 4.78 is 46.7. The SMILES string of the molecule is COc1cc(C(F)(F)F)cc(-c2ccc(C(=O)CCCC(=O)O)nc2)c1CNc1ccc(-c2ccc(Cl)cc2)c(Cl)c1. The largest absolute Gasteiger partial charge is 0.496 e. The highest BCUT2D eigenvalue weighted by molar-refractivity contribution is 6.33. The predicted octanol–water partition coefficient (Wildman–Crippen LogP) is 8.80. The highest BCUT2D eigenvalue weighted by atomic mass is 35.5. The van der Waals surface area contributed by atoms with Crippen LogP contribution in [0.4, 0.5) is 18.9 Å². The molecule has 0 fully saturated rings. The summed E-state index contributed by atoms with van der Waals surface area (Å²) in [7, 11) is 1.29. The van der Waals surface area contributed by atoms with Gasteiger partial charge in [-0.05, 0) is 60.0 Å². The minimum atomic E-state index is -4.63. The van der Waals surface area contributed by atoms with Gasteiger partial charge in [-0.3, -0.25) is 14.6 Å². The second-order valence-electron chi connectivity index (χ2n) is 9.36. The van der Waals surface area contributed by atoms with Crippen molar-refractivity contribution < 1.29 is 32.6 Å². The number of halogens is 5. The fraction of sp³-hybridized carbons (Fsp3) is 0.194. The summed E-state index contributed by atoms with van der Waals surface area (Å²) >= 11 is 12.5. The van der Waals surface area contributed by atoms with Crippen molar-refractivity contribution >= 4 is 40.6 Å². The molecule has 42 heavy (non-hydrogen) atoms. The van der Waals surface area contributed by atoms with E-state index in [1.165, 1.54) is 25.4 Å². The summed E-state index contributed by atoms with van der Waals surface area (Å²) in [4.78, 5) is 27.3. The van der Waals surface area contributed by atoms with E-state index in [4.69, 9.17) is 33.0 Å². The summed E-state index contributed by atoms with van der Waals surface area (Å²) in [6, 6.07) is 17.4. The number of anilines is 1. The van der Waals surface area contributed by atoms with Crippen LogP contribution < -0.4 is 10.1 Å². The molecular formula is C31H25Cl2F3N2O4. The fourth-order valence-corrected chi connectivity index (χ4v) is 4.77. The molecule has 0 aliphatic rings. The number of nitrogens with one attached hydrogen (secondary N) is 1. The van der Waals surface area contributed by atoms with Crippen molar-refractivity contribution in [2.24, 2.45) is 0 Å². The summed E-state index contributed by atoms with van der Waals surface area (Å²) in [5, 5.41) is 13.0. The van der Waals surface area contributed by atoms with Crippen molar-refractivity contribution in [1.29, 1.82) is 0 Å². The third-order valence-corrected chi connectivity index (χ3v) is 7.07. The number of carboxylic acids is 1. The number of Topliss-reactive ketones (excluding diaryl/α,β-unsaturated/α-hetero) is 1. The van der Waals surface area contributed by atoms with E-state index in [1.54, 1.807) is 24.3 Å². The zero-order valence-corrected chi connectivity index (χ0v) is 23.8. The highest BCUT2D eigenvalue weighted by Crippen LogP contribution is 2.40. The molecule has 2 N–H and O–H groups in total. The Morgan fingerprint density at radius 1 is 0.929 bits per heavy atom. The van der Waals surface area contributed by atoms with Gasteiger partial charge in [-0.25, -0.2) is 0 Å². The predicted molar refractivity (Wildman–Crippen MR) is 156 cm³/mol. The van der Waals surface area contributed by atoms with Crippen LogP contribution in [0, 0.1) is 0 Å². The molecule has 0 saturated carbocycles. The minimum absolute atomic E-state index is 0.00936. The zero-order valence-electron chi connectivity index (χ0n) is 22.3. The van der Waals surface area contributed by atoms with E-state index in [2.05, 4.69) is 10.3 Å². The third kappa shape index (κ3) is 7.60. The first-order valence-corrected chi connectivity index (χ1v) is 13.5. The van der Waals surface area contributed by atoms with Crippen molar-refractivity contribution in [2.75, 3.05) is 12.4 Å². The van der Waals surface area contributed by atoms with Gasteiger partial charge in [-0.2, -0.15) is 13.2 Å². The molecule has 6 nitrogen and oxygen atoms in total. The molecule has 218 valence electrons. The summed E-state index contributed by atoms with van der Waals surface area (Å²) in [5.74, 6) is -1.35. The van der Waals surface area contributed by atoms with Crippen LogP contribution >= 0.6 is 23.2 Å². The lowest BCUT2D eigenvalue weighted by Crippen LogP contribution is -2.10. The molecule has 1 heterocycles. The first-order valence-electron chi connectivity index (χ1n) is 12.7. The molecule has 0 saturated heterocycles. The first-order chi connectivity index (χ1) is 20.0. The maximum atomic E-state index is 13.8. The van der Waals surface area contributed by atoms with E-state index in [9.17, 15) is 22.8 Å². The first kappa shape index (κ1) is 30.9. The Bertz CT molecular complexity index is 1590. The second-order valence-corrected chi connectivity index (χ2v) is 10.2. The van der Waals surface area contributed by atoms with E-state index < -0.39 is 17.7 Å². The van der Waals surface area contributed by atoms with Crippen LogP contribution in [0.3, 0.4) is 0 Å². The van der Waals surface area contributed by atoms with Crippen LogP contribution in [0.1, 0.15) is 40.9 Å². The summed E-state index contributed by atoms with van der Waals surface area (Å²) in [5.41, 5.74) is 2.48. The van der Waals surface area contributed by atoms with Crippen LogP contribution in [0.15, 0.2) is 72.9 Å². The number of methoxy groups -OCH3 is 1. The fourth-order valence-electron chi connectivity index (χ4n) is 4.36. The average Bonchev–Trinajstić information content (AvgIpc) is 2.95. The number of hydrogen-bond donors (Lipinski definition) is 2. The molecule has 0 radical (unpaired) electrons. The number of ether oxygens (including phenoxy) is 1. The number of aliphatic carboxylic acids is 1. The van der Waals surface area contributed by atoms with E-state index in [0.29, 0.717) is 26.9 Å². The van der Waals surface area contributed by atoms with Gasteiger partial charge < -0.3 is 15.2 Å². The molecule has 4 rings (SSSR count). The van der Waals surface area contributed by atoms with Gasteiger partial charge in [-0.1, -0.05) is 47.5 Å². The maximum Gasteiger partial charge on any atom is 0.416 e. The maximum absolute atomic E-state index is 13.8. The normalized spacial score (nSPS) is 11.3. The van der Waals surface area contributed by atoms with E-state index in [1.807, 2.05) is 18.2 Å². The lowest BCUT2D eigenvalue weighted by molar-refractivity contribution is -0.138. The molecule has 0 unspecified atom stereocenters. The number of benzene rings is 3. The van der Waals surface area contributed by atoms with Crippen LogP contribution in [-0.4, -0.2) is 29.0 Å². The molecule has 3 aromatic carbocycles. The van der Waals surface area contributed by atoms with Gasteiger partial charge in [0.1, 0.15) is 11.4 Å². The molecule has 0 atom stereocenters. The van der Waals surface area contributed by atoms with Gasteiger partial charge in [0.25, 0.3) is 0 Å². The van der Waals surface area contributed by atoms with Gasteiger partial charge in [0.2, 0.25) is 0 Å². The Kier molecular flexibility index (Phi) is 9.75. The number of carbonyl (C=O) groups excluding carboxylic acids is 1. The van der Waals surface area contributed by atoms with Crippen molar-refractivity contribution in [1.82, 2.24) is 4.98 Å². The molecule has 4 aromatic rings. The smallest absolute Gasteiger partial charge is 0.416 e. The number of aromatic nitrogens is 1. The Balaban J connectivity index is 1.63.